The summed E-state index contributed by atoms with van der Waals surface area (Å²) in [5.41, 5.74) is 2.73. The van der Waals surface area contributed by atoms with Crippen molar-refractivity contribution in [3.05, 3.63) is 29.8 Å². The second-order valence-electron chi connectivity index (χ2n) is 3.59. The minimum atomic E-state index is 0.641. The summed E-state index contributed by atoms with van der Waals surface area (Å²) in [5, 5.41) is 2.46. The molecule has 1 aromatic carbocycles. The Labute approximate surface area is 104 Å². The molecule has 1 saturated heterocycles. The average Bonchev–Trinajstić information content (AvgIpc) is 2.30. The monoisotopic (exact) mass is 257 g/mol. The average molecular weight is 257 g/mol. The van der Waals surface area contributed by atoms with Crippen LogP contribution < -0.4 is 4.90 Å². The van der Waals surface area contributed by atoms with E-state index in [1.807, 2.05) is 35.3 Å². The molecule has 15 heavy (non-hydrogen) atoms. The lowest BCUT2D eigenvalue weighted by Gasteiger charge is -2.21. The Morgan fingerprint density at radius 2 is 1.67 bits per heavy atom. The van der Waals surface area contributed by atoms with E-state index in [0.29, 0.717) is 4.58 Å². The van der Waals surface area contributed by atoms with E-state index in [9.17, 15) is 0 Å². The van der Waals surface area contributed by atoms with E-state index >= 15 is 0 Å². The third-order valence-corrected chi connectivity index (χ3v) is 6.68. The molecule has 0 N–H and O–H groups in total. The van der Waals surface area contributed by atoms with Crippen molar-refractivity contribution in [1.29, 1.82) is 0 Å². The molecule has 0 aliphatic carbocycles. The van der Waals surface area contributed by atoms with Gasteiger partial charge < -0.3 is 4.90 Å². The van der Waals surface area contributed by atoms with Gasteiger partial charge in [-0.05, 0) is 17.7 Å². The number of rotatable bonds is 2. The first-order valence-electron chi connectivity index (χ1n) is 4.85. The van der Waals surface area contributed by atoms with Gasteiger partial charge in [0.1, 0.15) is 0 Å². The summed E-state index contributed by atoms with van der Waals surface area (Å²) in [7, 11) is 4.16. The van der Waals surface area contributed by atoms with Crippen molar-refractivity contribution in [2.45, 2.75) is 4.58 Å². The van der Waals surface area contributed by atoms with E-state index in [1.165, 1.54) is 21.4 Å². The molecule has 82 valence electrons. The van der Waals surface area contributed by atoms with Crippen molar-refractivity contribution in [2.75, 3.05) is 29.2 Å². The molecular formula is C11H15NS3. The maximum absolute atomic E-state index is 2.26. The fourth-order valence-corrected chi connectivity index (χ4v) is 6.15. The molecule has 0 saturated carbocycles. The van der Waals surface area contributed by atoms with Gasteiger partial charge in [0.2, 0.25) is 0 Å². The largest absolute Gasteiger partial charge is 0.378 e. The van der Waals surface area contributed by atoms with Gasteiger partial charge in [-0.25, -0.2) is 0 Å². The van der Waals surface area contributed by atoms with Crippen molar-refractivity contribution < 1.29 is 0 Å². The first-order chi connectivity index (χ1) is 7.27. The van der Waals surface area contributed by atoms with Crippen LogP contribution in [0.4, 0.5) is 5.69 Å². The molecule has 0 amide bonds. The van der Waals surface area contributed by atoms with Crippen molar-refractivity contribution in [3.8, 4) is 0 Å². The summed E-state index contributed by atoms with van der Waals surface area (Å²) < 4.78 is 0.641. The fraction of sp³-hybridized carbons (Fsp3) is 0.455. The van der Waals surface area contributed by atoms with Gasteiger partial charge >= 0.3 is 0 Å². The summed E-state index contributed by atoms with van der Waals surface area (Å²) in [5.74, 6) is 0. The predicted molar refractivity (Wildman–Crippen MR) is 76.0 cm³/mol. The SMILES string of the molecule is CN(C)c1ccc(C2SCSCS2)cc1. The zero-order valence-electron chi connectivity index (χ0n) is 8.97. The van der Waals surface area contributed by atoms with Crippen molar-refractivity contribution in [2.24, 2.45) is 0 Å². The van der Waals surface area contributed by atoms with E-state index in [2.05, 4.69) is 43.3 Å². The zero-order valence-corrected chi connectivity index (χ0v) is 11.4. The highest BCUT2D eigenvalue weighted by atomic mass is 32.3. The Morgan fingerprint density at radius 1 is 1.07 bits per heavy atom. The highest BCUT2D eigenvalue weighted by molar-refractivity contribution is 8.32. The molecule has 1 aliphatic rings. The topological polar surface area (TPSA) is 3.24 Å². The molecule has 0 radical (unpaired) electrons. The van der Waals surface area contributed by atoms with Crippen LogP contribution in [-0.4, -0.2) is 24.3 Å². The Bertz CT molecular complexity index is 304. The molecule has 1 aromatic rings. The maximum Gasteiger partial charge on any atom is 0.0767 e. The van der Waals surface area contributed by atoms with Crippen LogP contribution in [0.15, 0.2) is 24.3 Å². The van der Waals surface area contributed by atoms with Gasteiger partial charge in [-0.1, -0.05) is 12.1 Å². The van der Waals surface area contributed by atoms with Crippen LogP contribution in [-0.2, 0) is 0 Å². The number of nitrogens with zero attached hydrogens (tertiary/aromatic N) is 1. The molecule has 0 bridgehead atoms. The van der Waals surface area contributed by atoms with Gasteiger partial charge in [0.15, 0.2) is 0 Å². The standard InChI is InChI=1S/C11H15NS3/c1-12(2)10-5-3-9(4-6-10)11-14-7-13-8-15-11/h3-6,11H,7-8H2,1-2H3. The Balaban J connectivity index is 2.08. The maximum atomic E-state index is 2.26. The van der Waals surface area contributed by atoms with Gasteiger partial charge in [-0.3, -0.25) is 0 Å². The minimum absolute atomic E-state index is 0.641. The number of hydrogen-bond donors (Lipinski definition) is 0. The lowest BCUT2D eigenvalue weighted by atomic mass is 10.2. The van der Waals surface area contributed by atoms with Gasteiger partial charge in [-0.2, -0.15) is 0 Å². The van der Waals surface area contributed by atoms with Gasteiger partial charge in [0, 0.05) is 30.0 Å². The van der Waals surface area contributed by atoms with Crippen molar-refractivity contribution in [1.82, 2.24) is 0 Å². The van der Waals surface area contributed by atoms with Gasteiger partial charge in [0.05, 0.1) is 4.58 Å². The van der Waals surface area contributed by atoms with Crippen LogP contribution >= 0.6 is 35.3 Å². The summed E-state index contributed by atoms with van der Waals surface area (Å²) in [6.07, 6.45) is 0. The van der Waals surface area contributed by atoms with Gasteiger partial charge in [-0.15, -0.1) is 35.3 Å². The van der Waals surface area contributed by atoms with Crippen LogP contribution in [0, 0.1) is 0 Å². The van der Waals surface area contributed by atoms with E-state index < -0.39 is 0 Å². The summed E-state index contributed by atoms with van der Waals surface area (Å²) in [4.78, 5) is 2.14. The molecule has 4 heteroatoms. The second-order valence-corrected chi connectivity index (χ2v) is 7.79. The fourth-order valence-electron chi connectivity index (χ4n) is 1.42. The Hall–Kier alpha value is 0.0700. The molecular weight excluding hydrogens is 242 g/mol. The smallest absolute Gasteiger partial charge is 0.0767 e. The lowest BCUT2D eigenvalue weighted by Crippen LogP contribution is -2.08. The van der Waals surface area contributed by atoms with Crippen LogP contribution in [0.1, 0.15) is 10.1 Å². The molecule has 1 nitrogen and oxygen atoms in total. The third kappa shape index (κ3) is 3.02. The molecule has 0 atom stereocenters. The van der Waals surface area contributed by atoms with Crippen molar-refractivity contribution in [3.63, 3.8) is 0 Å². The Morgan fingerprint density at radius 3 is 2.20 bits per heavy atom. The number of anilines is 1. The van der Waals surface area contributed by atoms with E-state index in [4.69, 9.17) is 0 Å². The van der Waals surface area contributed by atoms with Crippen LogP contribution in [0.25, 0.3) is 0 Å². The number of thioether (sulfide) groups is 3. The number of hydrogen-bond acceptors (Lipinski definition) is 4. The lowest BCUT2D eigenvalue weighted by molar-refractivity contribution is 1.13. The van der Waals surface area contributed by atoms with E-state index in [0.717, 1.165) is 0 Å². The van der Waals surface area contributed by atoms with Crippen LogP contribution in [0.3, 0.4) is 0 Å². The van der Waals surface area contributed by atoms with Crippen LogP contribution in [0.2, 0.25) is 0 Å². The minimum Gasteiger partial charge on any atom is -0.378 e. The summed E-state index contributed by atoms with van der Waals surface area (Å²) in [6.45, 7) is 0. The van der Waals surface area contributed by atoms with Gasteiger partial charge in [0.25, 0.3) is 0 Å². The zero-order chi connectivity index (χ0) is 10.7. The highest BCUT2D eigenvalue weighted by Crippen LogP contribution is 2.46. The summed E-state index contributed by atoms with van der Waals surface area (Å²) in [6, 6.07) is 8.93. The molecule has 0 spiro atoms. The molecule has 1 heterocycles. The molecule has 0 unspecified atom stereocenters. The summed E-state index contributed by atoms with van der Waals surface area (Å²) >= 11 is 6.10. The number of benzene rings is 1. The third-order valence-electron chi connectivity index (χ3n) is 2.29. The van der Waals surface area contributed by atoms with E-state index in [-0.39, 0.29) is 0 Å². The van der Waals surface area contributed by atoms with Crippen molar-refractivity contribution >= 4 is 41.0 Å². The first-order valence-corrected chi connectivity index (χ1v) is 8.11. The Kier molecular flexibility index (Phi) is 4.17. The molecule has 0 aromatic heterocycles. The predicted octanol–water partition coefficient (Wildman–Crippen LogP) is 3.88. The normalized spacial score (nSPS) is 17.7. The highest BCUT2D eigenvalue weighted by Gasteiger charge is 2.16. The molecule has 2 rings (SSSR count). The molecule has 1 fully saturated rings. The quantitative estimate of drug-likeness (QED) is 0.790. The van der Waals surface area contributed by atoms with E-state index in [1.54, 1.807) is 0 Å². The first kappa shape index (κ1) is 11.6. The molecule has 1 aliphatic heterocycles. The second kappa shape index (κ2) is 5.41. The van der Waals surface area contributed by atoms with Crippen LogP contribution in [0.5, 0.6) is 0 Å².